The number of hydrogen-bond acceptors (Lipinski definition) is 2. The van der Waals surface area contributed by atoms with Gasteiger partial charge >= 0.3 is 0 Å². The lowest BCUT2D eigenvalue weighted by atomic mass is 9.80. The minimum atomic E-state index is -0.587. The summed E-state index contributed by atoms with van der Waals surface area (Å²) in [5.41, 5.74) is 1.61. The number of carbonyl (C=O) groups excluding carboxylic acids is 2. The van der Waals surface area contributed by atoms with E-state index in [0.29, 0.717) is 6.42 Å². The van der Waals surface area contributed by atoms with Crippen LogP contribution in [-0.2, 0) is 21.4 Å². The molecule has 1 unspecified atom stereocenters. The molecule has 82 valence electrons. The molecule has 2 amide bonds. The van der Waals surface area contributed by atoms with Crippen molar-refractivity contribution < 1.29 is 9.59 Å². The maximum absolute atomic E-state index is 11.9. The van der Waals surface area contributed by atoms with Crippen LogP contribution in [-0.4, -0.2) is 11.8 Å². The van der Waals surface area contributed by atoms with Crippen LogP contribution in [0.2, 0.25) is 0 Å². The molecule has 1 saturated heterocycles. The molecule has 3 rings (SSSR count). The molecule has 1 atom stereocenters. The molecule has 16 heavy (non-hydrogen) atoms. The first-order chi connectivity index (χ1) is 7.63. The van der Waals surface area contributed by atoms with E-state index in [1.807, 2.05) is 18.2 Å². The van der Waals surface area contributed by atoms with Gasteiger partial charge in [-0.1, -0.05) is 28.1 Å². The molecule has 1 aliphatic heterocycles. The van der Waals surface area contributed by atoms with Crippen molar-refractivity contribution >= 4 is 27.7 Å². The van der Waals surface area contributed by atoms with Gasteiger partial charge in [-0.2, -0.15) is 0 Å². The summed E-state index contributed by atoms with van der Waals surface area (Å²) < 4.78 is 1.04. The fraction of sp³-hybridized carbons (Fsp3) is 0.333. The van der Waals surface area contributed by atoms with Gasteiger partial charge in [0.1, 0.15) is 0 Å². The lowest BCUT2D eigenvalue weighted by Crippen LogP contribution is -2.33. The Morgan fingerprint density at radius 2 is 2.12 bits per heavy atom. The molecular formula is C12H10BrNO2. The van der Waals surface area contributed by atoms with Crippen LogP contribution in [0.4, 0.5) is 0 Å². The molecule has 4 heteroatoms. The Labute approximate surface area is 101 Å². The Morgan fingerprint density at radius 1 is 1.31 bits per heavy atom. The normalized spacial score (nSPS) is 27.3. The summed E-state index contributed by atoms with van der Waals surface area (Å²) in [7, 11) is 0. The van der Waals surface area contributed by atoms with E-state index < -0.39 is 5.41 Å². The highest BCUT2D eigenvalue weighted by atomic mass is 79.9. The zero-order valence-corrected chi connectivity index (χ0v) is 10.1. The van der Waals surface area contributed by atoms with Crippen LogP contribution in [0.5, 0.6) is 0 Å². The smallest absolute Gasteiger partial charge is 0.237 e. The lowest BCUT2D eigenvalue weighted by molar-refractivity contribution is -0.126. The molecule has 0 saturated carbocycles. The van der Waals surface area contributed by atoms with Crippen LogP contribution in [0.1, 0.15) is 24.0 Å². The van der Waals surface area contributed by atoms with Crippen LogP contribution in [0.3, 0.4) is 0 Å². The van der Waals surface area contributed by atoms with Gasteiger partial charge in [0.25, 0.3) is 0 Å². The second-order valence-corrected chi connectivity index (χ2v) is 5.26. The number of carbonyl (C=O) groups is 2. The van der Waals surface area contributed by atoms with E-state index in [-0.39, 0.29) is 11.8 Å². The first-order valence-corrected chi connectivity index (χ1v) is 6.05. The van der Waals surface area contributed by atoms with Gasteiger partial charge in [-0.25, -0.2) is 0 Å². The van der Waals surface area contributed by atoms with Crippen molar-refractivity contribution in [1.29, 1.82) is 0 Å². The first kappa shape index (κ1) is 10.0. The summed E-state index contributed by atoms with van der Waals surface area (Å²) in [5.74, 6) is -0.285. The largest absolute Gasteiger partial charge is 0.296 e. The fourth-order valence-electron chi connectivity index (χ4n) is 2.80. The SMILES string of the molecule is O=C1CC2(CCc3c(Br)cccc32)C(=O)N1. The summed E-state index contributed by atoms with van der Waals surface area (Å²) in [4.78, 5) is 23.3. The second-order valence-electron chi connectivity index (χ2n) is 4.40. The van der Waals surface area contributed by atoms with Crippen molar-refractivity contribution in [2.45, 2.75) is 24.7 Å². The van der Waals surface area contributed by atoms with Crippen molar-refractivity contribution in [2.24, 2.45) is 0 Å². The van der Waals surface area contributed by atoms with Gasteiger partial charge < -0.3 is 0 Å². The third-order valence-electron chi connectivity index (χ3n) is 3.59. The quantitative estimate of drug-likeness (QED) is 0.735. The number of benzene rings is 1. The van der Waals surface area contributed by atoms with E-state index in [4.69, 9.17) is 0 Å². The van der Waals surface area contributed by atoms with Gasteiger partial charge in [0.15, 0.2) is 0 Å². The van der Waals surface area contributed by atoms with Gasteiger partial charge in [0, 0.05) is 10.9 Å². The minimum Gasteiger partial charge on any atom is -0.296 e. The van der Waals surface area contributed by atoms with Crippen molar-refractivity contribution in [3.05, 3.63) is 33.8 Å². The number of rotatable bonds is 0. The van der Waals surface area contributed by atoms with E-state index in [9.17, 15) is 9.59 Å². The van der Waals surface area contributed by atoms with Crippen molar-refractivity contribution in [3.8, 4) is 0 Å². The van der Waals surface area contributed by atoms with Crippen molar-refractivity contribution in [1.82, 2.24) is 5.32 Å². The molecule has 0 bridgehead atoms. The summed E-state index contributed by atoms with van der Waals surface area (Å²) >= 11 is 3.50. The van der Waals surface area contributed by atoms with Crippen LogP contribution >= 0.6 is 15.9 Å². The monoisotopic (exact) mass is 279 g/mol. The number of nitrogens with one attached hydrogen (secondary N) is 1. The standard InChI is InChI=1S/C12H10BrNO2/c13-9-3-1-2-8-7(9)4-5-12(8)6-10(15)14-11(12)16/h1-3H,4-6H2,(H,14,15,16). The summed E-state index contributed by atoms with van der Waals surface area (Å²) in [5, 5.41) is 2.42. The van der Waals surface area contributed by atoms with E-state index in [1.165, 1.54) is 5.56 Å². The van der Waals surface area contributed by atoms with E-state index in [1.54, 1.807) is 0 Å². The summed E-state index contributed by atoms with van der Waals surface area (Å²) in [6.45, 7) is 0. The predicted molar refractivity (Wildman–Crippen MR) is 61.9 cm³/mol. The highest BCUT2D eigenvalue weighted by molar-refractivity contribution is 9.10. The first-order valence-electron chi connectivity index (χ1n) is 5.26. The van der Waals surface area contributed by atoms with Gasteiger partial charge in [0.2, 0.25) is 11.8 Å². The highest BCUT2D eigenvalue weighted by Crippen LogP contribution is 2.46. The predicted octanol–water partition coefficient (Wildman–Crippen LogP) is 1.68. The number of imide groups is 1. The fourth-order valence-corrected chi connectivity index (χ4v) is 3.36. The maximum Gasteiger partial charge on any atom is 0.237 e. The van der Waals surface area contributed by atoms with Crippen molar-refractivity contribution in [3.63, 3.8) is 0 Å². The summed E-state index contributed by atoms with van der Waals surface area (Å²) in [6, 6.07) is 5.86. The zero-order chi connectivity index (χ0) is 11.3. The number of fused-ring (bicyclic) bond motifs is 2. The van der Waals surface area contributed by atoms with E-state index in [0.717, 1.165) is 22.9 Å². The Balaban J connectivity index is 2.19. The molecule has 1 aliphatic carbocycles. The topological polar surface area (TPSA) is 46.2 Å². The van der Waals surface area contributed by atoms with Crippen LogP contribution in [0.25, 0.3) is 0 Å². The maximum atomic E-state index is 11.9. The molecule has 2 aliphatic rings. The summed E-state index contributed by atoms with van der Waals surface area (Å²) in [6.07, 6.45) is 1.90. The van der Waals surface area contributed by atoms with Crippen LogP contribution in [0.15, 0.2) is 22.7 Å². The Morgan fingerprint density at radius 3 is 2.81 bits per heavy atom. The second kappa shape index (κ2) is 3.17. The van der Waals surface area contributed by atoms with Gasteiger partial charge in [-0.3, -0.25) is 14.9 Å². The van der Waals surface area contributed by atoms with Crippen LogP contribution in [0, 0.1) is 0 Å². The number of amides is 2. The van der Waals surface area contributed by atoms with Crippen molar-refractivity contribution in [2.75, 3.05) is 0 Å². The lowest BCUT2D eigenvalue weighted by Gasteiger charge is -2.19. The van der Waals surface area contributed by atoms with E-state index in [2.05, 4.69) is 21.2 Å². The van der Waals surface area contributed by atoms with Gasteiger partial charge in [0.05, 0.1) is 5.41 Å². The molecular weight excluding hydrogens is 270 g/mol. The van der Waals surface area contributed by atoms with Crippen LogP contribution < -0.4 is 5.32 Å². The Kier molecular flexibility index (Phi) is 1.98. The average molecular weight is 280 g/mol. The van der Waals surface area contributed by atoms with Gasteiger partial charge in [-0.05, 0) is 30.0 Å². The molecule has 1 aromatic carbocycles. The average Bonchev–Trinajstić information content (AvgIpc) is 2.72. The molecule has 1 heterocycles. The third-order valence-corrected chi connectivity index (χ3v) is 4.33. The molecule has 1 spiro atoms. The van der Waals surface area contributed by atoms with E-state index >= 15 is 0 Å². The molecule has 0 aromatic heterocycles. The molecule has 0 radical (unpaired) electrons. The molecule has 1 fully saturated rings. The zero-order valence-electron chi connectivity index (χ0n) is 8.55. The Bertz CT molecular complexity index is 512. The molecule has 1 aromatic rings. The number of hydrogen-bond donors (Lipinski definition) is 1. The molecule has 3 nitrogen and oxygen atoms in total. The highest BCUT2D eigenvalue weighted by Gasteiger charge is 2.51. The minimum absolute atomic E-state index is 0.130. The molecule has 1 N–H and O–H groups in total. The Hall–Kier alpha value is -1.16. The van der Waals surface area contributed by atoms with Gasteiger partial charge in [-0.15, -0.1) is 0 Å². The third kappa shape index (κ3) is 1.13. The number of halogens is 1.